The normalized spacial score (nSPS) is 13.0. The first-order valence-electron chi connectivity index (χ1n) is 21.1. The second-order valence-corrected chi connectivity index (χ2v) is 16.1. The molecule has 0 atom stereocenters. The highest BCUT2D eigenvalue weighted by molar-refractivity contribution is 5.98. The molecule has 12 rings (SSSR count). The second kappa shape index (κ2) is 14.1. The van der Waals surface area contributed by atoms with Gasteiger partial charge in [0.1, 0.15) is 0 Å². The van der Waals surface area contributed by atoms with Crippen LogP contribution in [0.25, 0.3) is 44.2 Å². The van der Waals surface area contributed by atoms with Crippen LogP contribution < -0.4 is 9.80 Å². The van der Waals surface area contributed by atoms with Crippen LogP contribution in [0.2, 0.25) is 0 Å². The van der Waals surface area contributed by atoms with Crippen molar-refractivity contribution in [2.24, 2.45) is 0 Å². The van der Waals surface area contributed by atoms with Crippen LogP contribution in [0.3, 0.4) is 0 Å². The zero-order chi connectivity index (χ0) is 40.3. The van der Waals surface area contributed by atoms with E-state index in [9.17, 15) is 0 Å². The Kier molecular flexibility index (Phi) is 8.11. The van der Waals surface area contributed by atoms with Gasteiger partial charge in [-0.3, -0.25) is 0 Å². The minimum atomic E-state index is -0.570. The van der Waals surface area contributed by atoms with Crippen LogP contribution in [-0.4, -0.2) is 0 Å². The van der Waals surface area contributed by atoms with Gasteiger partial charge in [0, 0.05) is 22.6 Å². The maximum Gasteiger partial charge on any atom is 0.0755 e. The third-order valence-corrected chi connectivity index (χ3v) is 12.8. The lowest BCUT2D eigenvalue weighted by atomic mass is 9.64. The molecule has 10 aromatic rings. The van der Waals surface area contributed by atoms with Crippen LogP contribution in [-0.2, 0) is 5.41 Å². The Labute approximate surface area is 356 Å². The van der Waals surface area contributed by atoms with Crippen molar-refractivity contribution in [1.29, 1.82) is 0 Å². The Morgan fingerprint density at radius 3 is 1.62 bits per heavy atom. The number of hydrogen-bond acceptors (Lipinski definition) is 2. The van der Waals surface area contributed by atoms with E-state index >= 15 is 0 Å². The smallest absolute Gasteiger partial charge is 0.0755 e. The summed E-state index contributed by atoms with van der Waals surface area (Å²) in [5.41, 5.74) is 18.7. The van der Waals surface area contributed by atoms with Crippen LogP contribution in [0.4, 0.5) is 34.1 Å². The molecule has 0 unspecified atom stereocenters. The molecule has 1 aliphatic heterocycles. The van der Waals surface area contributed by atoms with E-state index in [-0.39, 0.29) is 0 Å². The summed E-state index contributed by atoms with van der Waals surface area (Å²) in [6.07, 6.45) is 0. The molecule has 0 bridgehead atoms. The van der Waals surface area contributed by atoms with Crippen molar-refractivity contribution in [3.63, 3.8) is 0 Å². The van der Waals surface area contributed by atoms with E-state index in [0.29, 0.717) is 0 Å². The zero-order valence-corrected chi connectivity index (χ0v) is 33.5. The van der Waals surface area contributed by atoms with Crippen LogP contribution in [0.1, 0.15) is 22.3 Å². The lowest BCUT2D eigenvalue weighted by Crippen LogP contribution is -2.36. The van der Waals surface area contributed by atoms with Gasteiger partial charge in [0.25, 0.3) is 0 Å². The predicted molar refractivity (Wildman–Crippen MR) is 255 cm³/mol. The summed E-state index contributed by atoms with van der Waals surface area (Å²) < 4.78 is 0. The van der Waals surface area contributed by atoms with Gasteiger partial charge in [-0.1, -0.05) is 182 Å². The van der Waals surface area contributed by atoms with Crippen molar-refractivity contribution < 1.29 is 0 Å². The lowest BCUT2D eigenvalue weighted by molar-refractivity contribution is 0.752. The summed E-state index contributed by atoms with van der Waals surface area (Å²) in [5, 5.41) is 2.42. The molecule has 2 nitrogen and oxygen atoms in total. The molecule has 10 aromatic carbocycles. The van der Waals surface area contributed by atoms with Crippen molar-refractivity contribution in [2.45, 2.75) is 5.41 Å². The number of para-hydroxylation sites is 4. The fourth-order valence-electron chi connectivity index (χ4n) is 10.2. The van der Waals surface area contributed by atoms with Gasteiger partial charge in [-0.25, -0.2) is 0 Å². The molecule has 0 radical (unpaired) electrons. The SMILES string of the molecule is c1ccc(-c2cccc(-c3ccccc3N(c3ccc4c(c3)C3(c5ccccc5-4)c4ccccc4N(c4ccccc4)c4ccccc43)c3ccc4ccccc4c3)c2)cc1. The summed E-state index contributed by atoms with van der Waals surface area (Å²) in [7, 11) is 0. The van der Waals surface area contributed by atoms with E-state index in [4.69, 9.17) is 0 Å². The van der Waals surface area contributed by atoms with E-state index in [1.54, 1.807) is 0 Å². The first kappa shape index (κ1) is 35.0. The summed E-state index contributed by atoms with van der Waals surface area (Å²) >= 11 is 0. The van der Waals surface area contributed by atoms with Crippen molar-refractivity contribution in [2.75, 3.05) is 9.80 Å². The molecule has 2 aliphatic rings. The monoisotopic (exact) mass is 776 g/mol. The predicted octanol–water partition coefficient (Wildman–Crippen LogP) is 15.8. The quantitative estimate of drug-likeness (QED) is 0.166. The van der Waals surface area contributed by atoms with Crippen LogP contribution in [0, 0.1) is 0 Å². The molecular weight excluding hydrogens is 737 g/mol. The van der Waals surface area contributed by atoms with Gasteiger partial charge in [0.15, 0.2) is 0 Å². The lowest BCUT2D eigenvalue weighted by Gasteiger charge is -2.45. The molecule has 2 heteroatoms. The van der Waals surface area contributed by atoms with Crippen molar-refractivity contribution in [3.8, 4) is 33.4 Å². The van der Waals surface area contributed by atoms with E-state index in [1.807, 2.05) is 0 Å². The topological polar surface area (TPSA) is 6.48 Å². The van der Waals surface area contributed by atoms with Crippen LogP contribution in [0.5, 0.6) is 0 Å². The average molecular weight is 777 g/mol. The fraction of sp³-hybridized carbons (Fsp3) is 0.0169. The molecule has 1 spiro atoms. The Morgan fingerprint density at radius 2 is 0.852 bits per heavy atom. The van der Waals surface area contributed by atoms with Gasteiger partial charge in [-0.2, -0.15) is 0 Å². The highest BCUT2D eigenvalue weighted by Gasteiger charge is 2.51. The molecule has 286 valence electrons. The molecule has 0 aromatic heterocycles. The summed E-state index contributed by atoms with van der Waals surface area (Å²) in [6, 6.07) is 89.2. The number of anilines is 6. The van der Waals surface area contributed by atoms with Gasteiger partial charge < -0.3 is 9.80 Å². The molecule has 0 saturated carbocycles. The maximum absolute atomic E-state index is 2.49. The third-order valence-electron chi connectivity index (χ3n) is 12.8. The van der Waals surface area contributed by atoms with E-state index < -0.39 is 5.41 Å². The van der Waals surface area contributed by atoms with Crippen molar-refractivity contribution >= 4 is 44.9 Å². The Hall–Kier alpha value is -7.94. The number of nitrogens with zero attached hydrogens (tertiary/aromatic N) is 2. The molecule has 0 amide bonds. The third kappa shape index (κ3) is 5.43. The Balaban J connectivity index is 1.13. The minimum absolute atomic E-state index is 0.570. The van der Waals surface area contributed by atoms with E-state index in [2.05, 4.69) is 252 Å². The fourth-order valence-corrected chi connectivity index (χ4v) is 10.2. The molecule has 1 aliphatic carbocycles. The van der Waals surface area contributed by atoms with Gasteiger partial charge in [-0.15, -0.1) is 0 Å². The number of rotatable bonds is 6. The number of fused-ring (bicyclic) bond motifs is 10. The Bertz CT molecular complexity index is 3230. The summed E-state index contributed by atoms with van der Waals surface area (Å²) in [6.45, 7) is 0. The Morgan fingerprint density at radius 1 is 0.311 bits per heavy atom. The summed E-state index contributed by atoms with van der Waals surface area (Å²) in [5.74, 6) is 0. The highest BCUT2D eigenvalue weighted by atomic mass is 15.2. The summed E-state index contributed by atoms with van der Waals surface area (Å²) in [4.78, 5) is 4.92. The van der Waals surface area contributed by atoms with Gasteiger partial charge in [-0.05, 0) is 122 Å². The second-order valence-electron chi connectivity index (χ2n) is 16.1. The van der Waals surface area contributed by atoms with Gasteiger partial charge >= 0.3 is 0 Å². The maximum atomic E-state index is 2.49. The average Bonchev–Trinajstić information content (AvgIpc) is 3.62. The van der Waals surface area contributed by atoms with Crippen molar-refractivity contribution in [1.82, 2.24) is 0 Å². The number of benzene rings is 10. The number of hydrogen-bond donors (Lipinski definition) is 0. The molecule has 0 saturated heterocycles. The van der Waals surface area contributed by atoms with E-state index in [1.165, 1.54) is 77.8 Å². The minimum Gasteiger partial charge on any atom is -0.310 e. The first-order valence-corrected chi connectivity index (χ1v) is 21.1. The molecule has 61 heavy (non-hydrogen) atoms. The molecular formula is C59H40N2. The molecule has 0 N–H and O–H groups in total. The van der Waals surface area contributed by atoms with Gasteiger partial charge in [0.2, 0.25) is 0 Å². The zero-order valence-electron chi connectivity index (χ0n) is 33.5. The molecule has 0 fully saturated rings. The molecule has 1 heterocycles. The van der Waals surface area contributed by atoms with Crippen LogP contribution in [0.15, 0.2) is 243 Å². The highest BCUT2D eigenvalue weighted by Crippen LogP contribution is 2.64. The van der Waals surface area contributed by atoms with Crippen LogP contribution >= 0.6 is 0 Å². The standard InChI is InChI=1S/C59H40N2/c1-3-18-41(19-4-1)43-22-17-23-45(38-43)49-26-10-14-31-56(49)60(47-35-34-42-20-7-8-21-44(42)39-47)48-36-37-51-50-27-9-11-28-52(50)59(55(51)40-48)53-29-12-15-32-57(53)61(46-24-5-2-6-25-46)58-33-16-13-30-54(58)59/h1-40H. The van der Waals surface area contributed by atoms with E-state index in [0.717, 1.165) is 22.7 Å². The first-order chi connectivity index (χ1) is 30.3. The van der Waals surface area contributed by atoms with Gasteiger partial charge in [0.05, 0.1) is 22.5 Å². The largest absolute Gasteiger partial charge is 0.310 e. The van der Waals surface area contributed by atoms with Crippen molar-refractivity contribution in [3.05, 3.63) is 265 Å².